The minimum atomic E-state index is -1.04. The zero-order chi connectivity index (χ0) is 12.0. The van der Waals surface area contributed by atoms with Crippen molar-refractivity contribution in [1.82, 2.24) is 14.4 Å². The number of rotatable bonds is 2. The van der Waals surface area contributed by atoms with Gasteiger partial charge in [0.15, 0.2) is 5.69 Å². The number of hydrogen-bond donors (Lipinski definition) is 1. The van der Waals surface area contributed by atoms with Gasteiger partial charge in [-0.2, -0.15) is 4.98 Å². The predicted molar refractivity (Wildman–Crippen MR) is 58.5 cm³/mol. The lowest BCUT2D eigenvalue weighted by molar-refractivity contribution is 0.0691. The molecule has 88 valence electrons. The number of aromatic carboxylic acids is 1. The van der Waals surface area contributed by atoms with Gasteiger partial charge in [0, 0.05) is 17.5 Å². The minimum absolute atomic E-state index is 0.0138. The second-order valence-electron chi connectivity index (χ2n) is 4.00. The molecule has 0 fully saturated rings. The van der Waals surface area contributed by atoms with E-state index in [4.69, 9.17) is 9.84 Å². The fraction of sp³-hybridized carbons (Fsp3) is 0.364. The Bertz CT molecular complexity index is 618. The average Bonchev–Trinajstić information content (AvgIpc) is 2.93. The maximum absolute atomic E-state index is 10.9. The van der Waals surface area contributed by atoms with Crippen LogP contribution in [-0.2, 0) is 12.8 Å². The topological polar surface area (TPSA) is 76.7 Å². The largest absolute Gasteiger partial charge is 0.481 e. The number of methoxy groups -OCH3 is 1. The molecule has 0 saturated heterocycles. The number of nitrogens with zero attached hydrogens (tertiary/aromatic N) is 3. The molecule has 17 heavy (non-hydrogen) atoms. The molecule has 1 N–H and O–H groups in total. The van der Waals surface area contributed by atoms with Crippen molar-refractivity contribution in [2.24, 2.45) is 0 Å². The van der Waals surface area contributed by atoms with Crippen LogP contribution in [0.5, 0.6) is 5.88 Å². The van der Waals surface area contributed by atoms with E-state index in [1.54, 1.807) is 11.5 Å². The summed E-state index contributed by atoms with van der Waals surface area (Å²) in [6, 6.07) is 0. The van der Waals surface area contributed by atoms with Crippen LogP contribution in [0.4, 0.5) is 0 Å². The fourth-order valence-corrected chi connectivity index (χ4v) is 2.30. The van der Waals surface area contributed by atoms with Crippen LogP contribution < -0.4 is 4.74 Å². The Hall–Kier alpha value is -2.11. The lowest BCUT2D eigenvalue weighted by Gasteiger charge is -2.07. The molecular weight excluding hydrogens is 222 g/mol. The first-order valence-corrected chi connectivity index (χ1v) is 5.39. The number of aromatic nitrogens is 3. The molecule has 0 unspecified atom stereocenters. The van der Waals surface area contributed by atoms with Crippen LogP contribution in [0.1, 0.15) is 28.2 Å². The molecule has 2 aromatic heterocycles. The van der Waals surface area contributed by atoms with Crippen molar-refractivity contribution in [3.05, 3.63) is 23.1 Å². The van der Waals surface area contributed by atoms with Crippen molar-refractivity contribution >= 4 is 11.7 Å². The lowest BCUT2D eigenvalue weighted by atomic mass is 10.2. The van der Waals surface area contributed by atoms with Crippen LogP contribution in [-0.4, -0.2) is 32.6 Å². The van der Waals surface area contributed by atoms with Crippen LogP contribution in [0, 0.1) is 0 Å². The van der Waals surface area contributed by atoms with Crippen molar-refractivity contribution in [3.8, 4) is 5.88 Å². The van der Waals surface area contributed by atoms with Crippen LogP contribution in [0.2, 0.25) is 0 Å². The molecule has 0 saturated carbocycles. The number of hydrogen-bond acceptors (Lipinski definition) is 4. The van der Waals surface area contributed by atoms with Crippen molar-refractivity contribution < 1.29 is 14.6 Å². The van der Waals surface area contributed by atoms with Crippen LogP contribution >= 0.6 is 0 Å². The third kappa shape index (κ3) is 1.37. The van der Waals surface area contributed by atoms with Crippen molar-refractivity contribution in [3.63, 3.8) is 0 Å². The molecule has 0 radical (unpaired) electrons. The summed E-state index contributed by atoms with van der Waals surface area (Å²) < 4.78 is 6.98. The van der Waals surface area contributed by atoms with Crippen molar-refractivity contribution in [2.75, 3.05) is 7.11 Å². The summed E-state index contributed by atoms with van der Waals surface area (Å²) in [5.41, 5.74) is 2.14. The van der Waals surface area contributed by atoms with Crippen LogP contribution in [0.3, 0.4) is 0 Å². The molecule has 0 atom stereocenters. The van der Waals surface area contributed by atoms with E-state index in [9.17, 15) is 4.79 Å². The van der Waals surface area contributed by atoms with Gasteiger partial charge in [-0.05, 0) is 19.3 Å². The summed E-state index contributed by atoms with van der Waals surface area (Å²) in [7, 11) is 1.57. The number of carboxylic acid groups (broad SMARTS) is 1. The zero-order valence-electron chi connectivity index (χ0n) is 9.30. The Balaban J connectivity index is 2.32. The van der Waals surface area contributed by atoms with Gasteiger partial charge in [0.1, 0.15) is 0 Å². The second-order valence-corrected chi connectivity index (χ2v) is 4.00. The molecule has 0 spiro atoms. The van der Waals surface area contributed by atoms with Crippen molar-refractivity contribution in [2.45, 2.75) is 19.3 Å². The molecule has 3 rings (SSSR count). The molecule has 0 aromatic carbocycles. The highest BCUT2D eigenvalue weighted by molar-refractivity contribution is 5.85. The van der Waals surface area contributed by atoms with Gasteiger partial charge >= 0.3 is 5.97 Å². The van der Waals surface area contributed by atoms with Gasteiger partial charge in [0.25, 0.3) is 0 Å². The quantitative estimate of drug-likeness (QED) is 0.834. The molecule has 0 amide bonds. The van der Waals surface area contributed by atoms with E-state index in [2.05, 4.69) is 9.97 Å². The molecule has 0 aliphatic heterocycles. The van der Waals surface area contributed by atoms with Gasteiger partial charge in [-0.15, -0.1) is 0 Å². The highest BCUT2D eigenvalue weighted by Crippen LogP contribution is 2.29. The highest BCUT2D eigenvalue weighted by atomic mass is 16.5. The molecule has 1 aliphatic carbocycles. The molecule has 2 heterocycles. The molecule has 1 aliphatic rings. The van der Waals surface area contributed by atoms with Gasteiger partial charge < -0.3 is 9.84 Å². The molecule has 2 aromatic rings. The monoisotopic (exact) mass is 233 g/mol. The van der Waals surface area contributed by atoms with Crippen LogP contribution in [0.15, 0.2) is 6.20 Å². The summed E-state index contributed by atoms with van der Waals surface area (Å²) >= 11 is 0. The van der Waals surface area contributed by atoms with E-state index in [0.717, 1.165) is 30.5 Å². The van der Waals surface area contributed by atoms with E-state index in [1.165, 1.54) is 6.20 Å². The van der Waals surface area contributed by atoms with Gasteiger partial charge in [-0.3, -0.25) is 4.40 Å². The smallest absolute Gasteiger partial charge is 0.356 e. The summed E-state index contributed by atoms with van der Waals surface area (Å²) in [4.78, 5) is 19.1. The number of aryl methyl sites for hydroxylation is 1. The minimum Gasteiger partial charge on any atom is -0.481 e. The summed E-state index contributed by atoms with van der Waals surface area (Å²) in [5, 5.41) is 8.93. The molecular formula is C11H11N3O3. The number of imidazole rings is 1. The van der Waals surface area contributed by atoms with Crippen molar-refractivity contribution in [1.29, 1.82) is 0 Å². The maximum Gasteiger partial charge on any atom is 0.356 e. The second kappa shape index (κ2) is 3.44. The van der Waals surface area contributed by atoms with Crippen LogP contribution in [0.25, 0.3) is 5.78 Å². The molecule has 0 bridgehead atoms. The van der Waals surface area contributed by atoms with E-state index >= 15 is 0 Å². The third-order valence-electron chi connectivity index (χ3n) is 3.04. The Labute approximate surface area is 96.9 Å². The molecule has 6 nitrogen and oxygen atoms in total. The zero-order valence-corrected chi connectivity index (χ0v) is 9.30. The average molecular weight is 233 g/mol. The maximum atomic E-state index is 10.9. The Morgan fingerprint density at radius 2 is 2.29 bits per heavy atom. The first kappa shape index (κ1) is 10.1. The van der Waals surface area contributed by atoms with E-state index in [0.29, 0.717) is 11.7 Å². The van der Waals surface area contributed by atoms with Gasteiger partial charge in [0.2, 0.25) is 11.7 Å². The van der Waals surface area contributed by atoms with Gasteiger partial charge in [-0.1, -0.05) is 0 Å². The standard InChI is InChI=1S/C11H11N3O3/c1-17-9-6-3-2-4-8(6)14-5-7(10(15)16)12-11(14)13-9/h5H,2-4H2,1H3,(H,15,16). The first-order valence-electron chi connectivity index (χ1n) is 5.39. The fourth-order valence-electron chi connectivity index (χ4n) is 2.30. The highest BCUT2D eigenvalue weighted by Gasteiger charge is 2.22. The first-order chi connectivity index (χ1) is 8.20. The number of fused-ring (bicyclic) bond motifs is 3. The number of ether oxygens (including phenoxy) is 1. The van der Waals surface area contributed by atoms with Gasteiger partial charge in [-0.25, -0.2) is 9.78 Å². The summed E-state index contributed by atoms with van der Waals surface area (Å²) in [6.07, 6.45) is 4.38. The SMILES string of the molecule is COc1nc2nc(C(=O)O)cn2c2c1CCC2. The Morgan fingerprint density at radius 1 is 1.47 bits per heavy atom. The van der Waals surface area contributed by atoms with E-state index in [1.807, 2.05) is 0 Å². The molecule has 6 heteroatoms. The van der Waals surface area contributed by atoms with E-state index in [-0.39, 0.29) is 5.69 Å². The number of carbonyl (C=O) groups is 1. The van der Waals surface area contributed by atoms with E-state index < -0.39 is 5.97 Å². The summed E-state index contributed by atoms with van der Waals surface area (Å²) in [6.45, 7) is 0. The third-order valence-corrected chi connectivity index (χ3v) is 3.04. The predicted octanol–water partition coefficient (Wildman–Crippen LogP) is 0.925. The van der Waals surface area contributed by atoms with Gasteiger partial charge in [0.05, 0.1) is 7.11 Å². The Morgan fingerprint density at radius 3 is 3.00 bits per heavy atom. The summed E-state index contributed by atoms with van der Waals surface area (Å²) in [5.74, 6) is -0.0892. The normalized spacial score (nSPS) is 13.9. The Kier molecular flexibility index (Phi) is 2.04. The lowest BCUT2D eigenvalue weighted by Crippen LogP contribution is -2.01. The number of carboxylic acids is 1.